The minimum Gasteiger partial charge on any atom is -0.343 e. The zero-order chi connectivity index (χ0) is 19.0. The third-order valence-electron chi connectivity index (χ3n) is 3.12. The molecule has 25 heavy (non-hydrogen) atoms. The molecule has 0 saturated carbocycles. The van der Waals surface area contributed by atoms with Crippen LogP contribution in [0.2, 0.25) is 0 Å². The number of hydrogen-bond acceptors (Lipinski definition) is 7. The van der Waals surface area contributed by atoms with Crippen molar-refractivity contribution in [1.82, 2.24) is 10.6 Å². The predicted octanol–water partition coefficient (Wildman–Crippen LogP) is -0.589. The van der Waals surface area contributed by atoms with E-state index in [4.69, 9.17) is 5.73 Å². The largest absolute Gasteiger partial charge is 0.343 e. The number of nitro benzene ring substituents is 1. The van der Waals surface area contributed by atoms with Crippen LogP contribution in [0.15, 0.2) is 24.3 Å². The molecule has 0 aliphatic rings. The number of nitrogens with zero attached hydrogens (tertiary/aromatic N) is 1. The highest BCUT2D eigenvalue weighted by molar-refractivity contribution is 7.80. The molecule has 0 spiro atoms. The summed E-state index contributed by atoms with van der Waals surface area (Å²) in [5, 5.41) is 17.9. The van der Waals surface area contributed by atoms with Crippen LogP contribution in [0.1, 0.15) is 6.92 Å². The molecule has 0 radical (unpaired) electrons. The van der Waals surface area contributed by atoms with Gasteiger partial charge in [0.25, 0.3) is 5.69 Å². The van der Waals surface area contributed by atoms with Gasteiger partial charge in [-0.05, 0) is 19.1 Å². The molecule has 3 amide bonds. The van der Waals surface area contributed by atoms with Gasteiger partial charge in [-0.15, -0.1) is 0 Å². The Labute approximate surface area is 149 Å². The maximum atomic E-state index is 12.1. The van der Waals surface area contributed by atoms with Crippen LogP contribution >= 0.6 is 12.6 Å². The van der Waals surface area contributed by atoms with E-state index in [1.54, 1.807) is 0 Å². The number of anilines is 1. The second-order valence-electron chi connectivity index (χ2n) is 5.03. The summed E-state index contributed by atoms with van der Waals surface area (Å²) in [6.07, 6.45) is 0. The molecule has 0 saturated heterocycles. The molecule has 0 aliphatic carbocycles. The van der Waals surface area contributed by atoms with Crippen LogP contribution in [0, 0.1) is 10.1 Å². The third-order valence-corrected chi connectivity index (χ3v) is 3.48. The topological polar surface area (TPSA) is 156 Å². The summed E-state index contributed by atoms with van der Waals surface area (Å²) in [7, 11) is 0. The first kappa shape index (κ1) is 20.4. The number of amides is 3. The summed E-state index contributed by atoms with van der Waals surface area (Å²) >= 11 is 3.98. The smallest absolute Gasteiger partial charge is 0.269 e. The molecular weight excluding hydrogens is 350 g/mol. The van der Waals surface area contributed by atoms with Crippen molar-refractivity contribution in [3.63, 3.8) is 0 Å². The number of carbonyl (C=O) groups excluding carboxylic acids is 3. The summed E-state index contributed by atoms with van der Waals surface area (Å²) in [5.74, 6) is -1.58. The van der Waals surface area contributed by atoms with Gasteiger partial charge in [0.15, 0.2) is 0 Å². The molecule has 0 aromatic heterocycles. The van der Waals surface area contributed by atoms with Crippen molar-refractivity contribution >= 4 is 41.7 Å². The summed E-state index contributed by atoms with van der Waals surface area (Å²) in [5.41, 5.74) is 5.41. The van der Waals surface area contributed by atoms with Crippen molar-refractivity contribution in [1.29, 1.82) is 0 Å². The summed E-state index contributed by atoms with van der Waals surface area (Å²) in [4.78, 5) is 45.4. The monoisotopic (exact) mass is 369 g/mol. The molecule has 0 unspecified atom stereocenters. The lowest BCUT2D eigenvalue weighted by molar-refractivity contribution is -0.384. The Bertz CT molecular complexity index is 652. The Morgan fingerprint density at radius 3 is 2.28 bits per heavy atom. The maximum absolute atomic E-state index is 12.1. The van der Waals surface area contributed by atoms with Crippen LogP contribution in [-0.2, 0) is 14.4 Å². The van der Waals surface area contributed by atoms with Crippen molar-refractivity contribution in [2.45, 2.75) is 19.0 Å². The van der Waals surface area contributed by atoms with E-state index in [0.29, 0.717) is 5.69 Å². The first-order valence-electron chi connectivity index (χ1n) is 7.24. The lowest BCUT2D eigenvalue weighted by Crippen LogP contribution is -2.53. The van der Waals surface area contributed by atoms with E-state index in [1.165, 1.54) is 31.2 Å². The predicted molar refractivity (Wildman–Crippen MR) is 94.2 cm³/mol. The number of nitrogens with one attached hydrogen (secondary N) is 3. The standard InChI is InChI=1S/C14H19N5O5S/c1-8(16-14(22)11(7-25)18-12(20)6-15)13(21)17-9-2-4-10(5-3-9)19(23)24/h2-5,8,11,25H,6-7,15H2,1H3,(H,16,22)(H,17,21)(H,18,20)/t8-,11-/m0/s1. The highest BCUT2D eigenvalue weighted by Crippen LogP contribution is 2.15. The number of nitro groups is 1. The Morgan fingerprint density at radius 1 is 1.20 bits per heavy atom. The van der Waals surface area contributed by atoms with Gasteiger partial charge in [0.2, 0.25) is 17.7 Å². The van der Waals surface area contributed by atoms with Gasteiger partial charge in [0.1, 0.15) is 12.1 Å². The number of rotatable bonds is 8. The van der Waals surface area contributed by atoms with E-state index in [2.05, 4.69) is 28.6 Å². The fraction of sp³-hybridized carbons (Fsp3) is 0.357. The minimum absolute atomic E-state index is 0.0360. The highest BCUT2D eigenvalue weighted by atomic mass is 32.1. The molecule has 0 heterocycles. The van der Waals surface area contributed by atoms with Crippen LogP contribution in [0.5, 0.6) is 0 Å². The molecule has 1 aromatic rings. The Morgan fingerprint density at radius 2 is 1.80 bits per heavy atom. The van der Waals surface area contributed by atoms with Crippen LogP contribution in [0.25, 0.3) is 0 Å². The number of non-ortho nitro benzene ring substituents is 1. The molecule has 5 N–H and O–H groups in total. The maximum Gasteiger partial charge on any atom is 0.269 e. The van der Waals surface area contributed by atoms with E-state index in [1.807, 2.05) is 0 Å². The lowest BCUT2D eigenvalue weighted by atomic mass is 10.2. The number of thiol groups is 1. The molecule has 2 atom stereocenters. The average molecular weight is 369 g/mol. The first-order valence-corrected chi connectivity index (χ1v) is 7.87. The quantitative estimate of drug-likeness (QED) is 0.234. The second kappa shape index (κ2) is 9.59. The van der Waals surface area contributed by atoms with E-state index in [0.717, 1.165) is 0 Å². The molecule has 11 heteroatoms. The fourth-order valence-electron chi connectivity index (χ4n) is 1.74. The van der Waals surface area contributed by atoms with E-state index < -0.39 is 34.7 Å². The van der Waals surface area contributed by atoms with Gasteiger partial charge in [-0.25, -0.2) is 0 Å². The average Bonchev–Trinajstić information content (AvgIpc) is 2.59. The fourth-order valence-corrected chi connectivity index (χ4v) is 2.00. The molecule has 0 fully saturated rings. The third kappa shape index (κ3) is 6.39. The molecule has 0 aliphatic heterocycles. The van der Waals surface area contributed by atoms with Crippen molar-refractivity contribution in [2.75, 3.05) is 17.6 Å². The molecule has 1 rings (SSSR count). The summed E-state index contributed by atoms with van der Waals surface area (Å²) in [6, 6.07) is 3.43. The van der Waals surface area contributed by atoms with Gasteiger partial charge in [-0.2, -0.15) is 12.6 Å². The van der Waals surface area contributed by atoms with Crippen LogP contribution in [-0.4, -0.2) is 47.0 Å². The number of nitrogens with two attached hydrogens (primary N) is 1. The van der Waals surface area contributed by atoms with E-state index >= 15 is 0 Å². The normalized spacial score (nSPS) is 12.6. The van der Waals surface area contributed by atoms with Gasteiger partial charge >= 0.3 is 0 Å². The molecule has 136 valence electrons. The van der Waals surface area contributed by atoms with Crippen molar-refractivity contribution in [3.05, 3.63) is 34.4 Å². The Hall–Kier alpha value is -2.66. The first-order chi connectivity index (χ1) is 11.8. The number of carbonyl (C=O) groups is 3. The van der Waals surface area contributed by atoms with Crippen LogP contribution in [0.3, 0.4) is 0 Å². The van der Waals surface area contributed by atoms with Gasteiger partial charge in [0.05, 0.1) is 11.5 Å². The van der Waals surface area contributed by atoms with Gasteiger partial charge in [-0.1, -0.05) is 0 Å². The zero-order valence-electron chi connectivity index (χ0n) is 13.4. The molecule has 1 aromatic carbocycles. The van der Waals surface area contributed by atoms with Gasteiger partial charge in [-0.3, -0.25) is 24.5 Å². The number of benzene rings is 1. The second-order valence-corrected chi connectivity index (χ2v) is 5.40. The minimum atomic E-state index is -0.922. The zero-order valence-corrected chi connectivity index (χ0v) is 14.3. The summed E-state index contributed by atoms with van der Waals surface area (Å²) < 4.78 is 0. The highest BCUT2D eigenvalue weighted by Gasteiger charge is 2.23. The van der Waals surface area contributed by atoms with Gasteiger partial charge in [0, 0.05) is 23.6 Å². The summed E-state index contributed by atoms with van der Waals surface area (Å²) in [6.45, 7) is 1.19. The molecule has 10 nitrogen and oxygen atoms in total. The van der Waals surface area contributed by atoms with Gasteiger partial charge < -0.3 is 21.7 Å². The SMILES string of the molecule is C[C@H](NC(=O)[C@H](CS)NC(=O)CN)C(=O)Nc1ccc([N+](=O)[O-])cc1. The molecule has 0 bridgehead atoms. The Balaban J connectivity index is 2.61. The van der Waals surface area contributed by atoms with Crippen LogP contribution in [0.4, 0.5) is 11.4 Å². The van der Waals surface area contributed by atoms with E-state index in [9.17, 15) is 24.5 Å². The van der Waals surface area contributed by atoms with E-state index in [-0.39, 0.29) is 18.0 Å². The van der Waals surface area contributed by atoms with Crippen molar-refractivity contribution in [3.8, 4) is 0 Å². The lowest BCUT2D eigenvalue weighted by Gasteiger charge is -2.19. The number of hydrogen-bond donors (Lipinski definition) is 5. The van der Waals surface area contributed by atoms with Crippen LogP contribution < -0.4 is 21.7 Å². The van der Waals surface area contributed by atoms with Crippen molar-refractivity contribution in [2.24, 2.45) is 5.73 Å². The Kier molecular flexibility index (Phi) is 7.82. The van der Waals surface area contributed by atoms with Crippen molar-refractivity contribution < 1.29 is 19.3 Å². The molecular formula is C14H19N5O5S.